The predicted molar refractivity (Wildman–Crippen MR) is 94.2 cm³/mol. The van der Waals surface area contributed by atoms with Crippen molar-refractivity contribution in [3.05, 3.63) is 35.8 Å². The fourth-order valence-electron chi connectivity index (χ4n) is 4.03. The first-order valence-electron chi connectivity index (χ1n) is 8.47. The number of piperazine rings is 1. The van der Waals surface area contributed by atoms with E-state index in [0.717, 1.165) is 16.9 Å². The van der Waals surface area contributed by atoms with Crippen molar-refractivity contribution in [3.8, 4) is 0 Å². The number of amides is 1. The molecule has 2 aromatic heterocycles. The largest absolute Gasteiger partial charge is 0.335 e. The zero-order valence-corrected chi connectivity index (χ0v) is 15.2. The lowest BCUT2D eigenvalue weighted by molar-refractivity contribution is -0.135. The Morgan fingerprint density at radius 2 is 2.04 bits per heavy atom. The predicted octanol–water partition coefficient (Wildman–Crippen LogP) is 0.125. The van der Waals surface area contributed by atoms with Gasteiger partial charge in [-0.15, -0.1) is 0 Å². The number of imidazole rings is 1. The van der Waals surface area contributed by atoms with Gasteiger partial charge in [-0.1, -0.05) is 6.07 Å². The number of likely N-dealkylation sites (N-methyl/N-ethyl adjacent to an activating group) is 1. The molecule has 0 aromatic carbocycles. The van der Waals surface area contributed by atoms with Gasteiger partial charge in [-0.3, -0.25) is 9.69 Å². The Kier molecular flexibility index (Phi) is 3.84. The van der Waals surface area contributed by atoms with Crippen LogP contribution in [0.15, 0.2) is 24.5 Å². The lowest BCUT2D eigenvalue weighted by atomic mass is 10.0. The number of carbonyl (C=O) groups is 1. The summed E-state index contributed by atoms with van der Waals surface area (Å²) >= 11 is 0. The summed E-state index contributed by atoms with van der Waals surface area (Å²) in [6, 6.07) is 3.60. The molecule has 2 aliphatic heterocycles. The van der Waals surface area contributed by atoms with Crippen molar-refractivity contribution < 1.29 is 13.2 Å². The van der Waals surface area contributed by atoms with Gasteiger partial charge in [-0.2, -0.15) is 0 Å². The van der Waals surface area contributed by atoms with Crippen LogP contribution in [0.4, 0.5) is 0 Å². The fourth-order valence-corrected chi connectivity index (χ4v) is 6.08. The molecule has 0 N–H and O–H groups in total. The van der Waals surface area contributed by atoms with Crippen LogP contribution in [0.5, 0.6) is 0 Å². The molecule has 0 saturated carbocycles. The highest BCUT2D eigenvalue weighted by Gasteiger charge is 2.46. The van der Waals surface area contributed by atoms with Crippen molar-refractivity contribution in [2.45, 2.75) is 25.4 Å². The average Bonchev–Trinajstić information content (AvgIpc) is 3.09. The number of nitrogens with zero attached hydrogens (tertiary/aromatic N) is 4. The van der Waals surface area contributed by atoms with E-state index < -0.39 is 9.84 Å². The molecule has 25 heavy (non-hydrogen) atoms. The van der Waals surface area contributed by atoms with Gasteiger partial charge in [0.1, 0.15) is 5.65 Å². The number of aromatic nitrogens is 2. The molecule has 2 atom stereocenters. The minimum absolute atomic E-state index is 0.0245. The molecule has 2 aromatic rings. The van der Waals surface area contributed by atoms with Crippen LogP contribution >= 0.6 is 0 Å². The summed E-state index contributed by atoms with van der Waals surface area (Å²) in [5, 5.41) is 0. The quantitative estimate of drug-likeness (QED) is 0.759. The summed E-state index contributed by atoms with van der Waals surface area (Å²) in [5.74, 6) is 0.191. The molecule has 8 heteroatoms. The molecule has 2 aliphatic rings. The van der Waals surface area contributed by atoms with E-state index in [1.807, 2.05) is 36.7 Å². The Balaban J connectivity index is 1.59. The van der Waals surface area contributed by atoms with Gasteiger partial charge in [0.2, 0.25) is 5.91 Å². The molecule has 4 heterocycles. The van der Waals surface area contributed by atoms with E-state index in [-0.39, 0.29) is 35.9 Å². The maximum Gasteiger partial charge on any atom is 0.228 e. The van der Waals surface area contributed by atoms with Crippen LogP contribution in [-0.2, 0) is 21.1 Å². The van der Waals surface area contributed by atoms with Crippen molar-refractivity contribution in [1.82, 2.24) is 19.2 Å². The molecule has 2 fully saturated rings. The third-order valence-corrected chi connectivity index (χ3v) is 7.11. The lowest BCUT2D eigenvalue weighted by Gasteiger charge is -2.42. The molecule has 0 bridgehead atoms. The molecular weight excluding hydrogens is 340 g/mol. The molecule has 0 spiro atoms. The van der Waals surface area contributed by atoms with Gasteiger partial charge in [0.15, 0.2) is 9.84 Å². The number of aryl methyl sites for hydroxylation is 1. The summed E-state index contributed by atoms with van der Waals surface area (Å²) in [6.45, 7) is 3.26. The molecule has 7 nitrogen and oxygen atoms in total. The van der Waals surface area contributed by atoms with Gasteiger partial charge in [-0.05, 0) is 25.6 Å². The van der Waals surface area contributed by atoms with Crippen molar-refractivity contribution in [2.24, 2.45) is 0 Å². The third kappa shape index (κ3) is 2.83. The SMILES string of the molecule is Cc1cccn2c(CC(=O)N3CCN(C)[C@@H]4CS(=O)(=O)C[C@@H]43)cnc12. The van der Waals surface area contributed by atoms with Crippen LogP contribution in [0.3, 0.4) is 0 Å². The number of rotatable bonds is 2. The van der Waals surface area contributed by atoms with Gasteiger partial charge in [-0.25, -0.2) is 13.4 Å². The summed E-state index contributed by atoms with van der Waals surface area (Å²) in [7, 11) is -1.15. The topological polar surface area (TPSA) is 75.0 Å². The van der Waals surface area contributed by atoms with Crippen LogP contribution in [0.25, 0.3) is 5.65 Å². The standard InChI is InChI=1S/C17H22N4O3S/c1-12-4-3-5-20-13(9-18-17(12)20)8-16(22)21-7-6-19(2)14-10-25(23,24)11-15(14)21/h3-5,9,14-15H,6-8,10-11H2,1-2H3/t14-,15+/m1/s1. The average molecular weight is 362 g/mol. The second kappa shape index (κ2) is 5.81. The van der Waals surface area contributed by atoms with E-state index in [4.69, 9.17) is 0 Å². The first-order chi connectivity index (χ1) is 11.9. The third-order valence-electron chi connectivity index (χ3n) is 5.41. The number of hydrogen-bond donors (Lipinski definition) is 0. The van der Waals surface area contributed by atoms with E-state index in [2.05, 4.69) is 9.88 Å². The van der Waals surface area contributed by atoms with Crippen LogP contribution < -0.4 is 0 Å². The molecule has 0 unspecified atom stereocenters. The lowest BCUT2D eigenvalue weighted by Crippen LogP contribution is -2.59. The first-order valence-corrected chi connectivity index (χ1v) is 10.3. The highest BCUT2D eigenvalue weighted by Crippen LogP contribution is 2.26. The normalized spacial score (nSPS) is 26.1. The van der Waals surface area contributed by atoms with Crippen molar-refractivity contribution in [2.75, 3.05) is 31.6 Å². The Morgan fingerprint density at radius 3 is 2.84 bits per heavy atom. The van der Waals surface area contributed by atoms with Gasteiger partial charge in [0.05, 0.1) is 29.7 Å². The van der Waals surface area contributed by atoms with Crippen molar-refractivity contribution in [1.29, 1.82) is 0 Å². The molecule has 4 rings (SSSR count). The molecule has 2 saturated heterocycles. The monoisotopic (exact) mass is 362 g/mol. The maximum absolute atomic E-state index is 12.9. The van der Waals surface area contributed by atoms with E-state index >= 15 is 0 Å². The van der Waals surface area contributed by atoms with Gasteiger partial charge >= 0.3 is 0 Å². The highest BCUT2D eigenvalue weighted by molar-refractivity contribution is 7.91. The van der Waals surface area contributed by atoms with Crippen LogP contribution in [0.1, 0.15) is 11.3 Å². The smallest absolute Gasteiger partial charge is 0.228 e. The number of fused-ring (bicyclic) bond motifs is 2. The molecule has 0 radical (unpaired) electrons. The fraction of sp³-hybridized carbons (Fsp3) is 0.529. The van der Waals surface area contributed by atoms with Gasteiger partial charge in [0, 0.05) is 31.5 Å². The maximum atomic E-state index is 12.9. The zero-order valence-electron chi connectivity index (χ0n) is 14.4. The Morgan fingerprint density at radius 1 is 1.28 bits per heavy atom. The van der Waals surface area contributed by atoms with E-state index in [1.54, 1.807) is 11.1 Å². The Hall–Kier alpha value is -1.93. The molecule has 1 amide bonds. The van der Waals surface area contributed by atoms with E-state index in [9.17, 15) is 13.2 Å². The van der Waals surface area contributed by atoms with Crippen LogP contribution in [0, 0.1) is 6.92 Å². The van der Waals surface area contributed by atoms with E-state index in [0.29, 0.717) is 13.1 Å². The van der Waals surface area contributed by atoms with Crippen LogP contribution in [-0.4, -0.2) is 77.2 Å². The summed E-state index contributed by atoms with van der Waals surface area (Å²) in [5.41, 5.74) is 2.74. The zero-order chi connectivity index (χ0) is 17.8. The second-order valence-corrected chi connectivity index (χ2v) is 9.24. The molecular formula is C17H22N4O3S. The number of hydrogen-bond acceptors (Lipinski definition) is 5. The van der Waals surface area contributed by atoms with Gasteiger partial charge in [0.25, 0.3) is 0 Å². The highest BCUT2D eigenvalue weighted by atomic mass is 32.2. The second-order valence-electron chi connectivity index (χ2n) is 7.09. The Bertz CT molecular complexity index is 937. The summed E-state index contributed by atoms with van der Waals surface area (Å²) in [4.78, 5) is 21.2. The van der Waals surface area contributed by atoms with E-state index in [1.165, 1.54) is 0 Å². The first kappa shape index (κ1) is 16.5. The minimum Gasteiger partial charge on any atom is -0.335 e. The van der Waals surface area contributed by atoms with Crippen molar-refractivity contribution in [3.63, 3.8) is 0 Å². The summed E-state index contributed by atoms with van der Waals surface area (Å²) < 4.78 is 26.1. The Labute approximate surface area is 147 Å². The summed E-state index contributed by atoms with van der Waals surface area (Å²) in [6.07, 6.45) is 3.88. The van der Waals surface area contributed by atoms with Crippen LogP contribution in [0.2, 0.25) is 0 Å². The molecule has 0 aliphatic carbocycles. The molecule has 134 valence electrons. The van der Waals surface area contributed by atoms with Crippen molar-refractivity contribution >= 4 is 21.4 Å². The van der Waals surface area contributed by atoms with Gasteiger partial charge < -0.3 is 9.30 Å². The number of sulfone groups is 1. The number of carbonyl (C=O) groups excluding carboxylic acids is 1. The number of pyridine rings is 1. The minimum atomic E-state index is -3.08.